The second kappa shape index (κ2) is 5.77. The highest BCUT2D eigenvalue weighted by Gasteiger charge is 2.39. The zero-order valence-corrected chi connectivity index (χ0v) is 12.2. The summed E-state index contributed by atoms with van der Waals surface area (Å²) in [4.78, 5) is 25.9. The minimum absolute atomic E-state index is 0.144. The van der Waals surface area contributed by atoms with E-state index in [1.54, 1.807) is 12.1 Å². The SMILES string of the molecule is COC(=O)[C@H]1C[C@@H](O)CN1C(=O)c1ccc2ccccc2c1. The summed E-state index contributed by atoms with van der Waals surface area (Å²) in [5, 5.41) is 11.8. The fourth-order valence-electron chi connectivity index (χ4n) is 2.89. The third-order valence-electron chi connectivity index (χ3n) is 4.01. The second-order valence-corrected chi connectivity index (χ2v) is 5.45. The van der Waals surface area contributed by atoms with Crippen molar-refractivity contribution in [3.05, 3.63) is 48.0 Å². The maximum atomic E-state index is 12.7. The normalized spacial score (nSPS) is 21.1. The molecule has 2 atom stereocenters. The van der Waals surface area contributed by atoms with Crippen molar-refractivity contribution in [2.24, 2.45) is 0 Å². The number of nitrogens with zero attached hydrogens (tertiary/aromatic N) is 1. The van der Waals surface area contributed by atoms with Gasteiger partial charge >= 0.3 is 5.97 Å². The Hall–Kier alpha value is -2.40. The van der Waals surface area contributed by atoms with Crippen LogP contribution in [0.1, 0.15) is 16.8 Å². The molecular formula is C17H17NO4. The van der Waals surface area contributed by atoms with Crippen molar-refractivity contribution in [3.8, 4) is 0 Å². The van der Waals surface area contributed by atoms with Crippen molar-refractivity contribution in [2.75, 3.05) is 13.7 Å². The number of hydrogen-bond donors (Lipinski definition) is 1. The highest BCUT2D eigenvalue weighted by Crippen LogP contribution is 2.23. The smallest absolute Gasteiger partial charge is 0.328 e. The van der Waals surface area contributed by atoms with Crippen molar-refractivity contribution in [1.82, 2.24) is 4.90 Å². The first-order valence-corrected chi connectivity index (χ1v) is 7.16. The Labute approximate surface area is 128 Å². The number of ether oxygens (including phenoxy) is 1. The summed E-state index contributed by atoms with van der Waals surface area (Å²) in [7, 11) is 1.28. The summed E-state index contributed by atoms with van der Waals surface area (Å²) in [6.45, 7) is 0.144. The maximum Gasteiger partial charge on any atom is 0.328 e. The number of fused-ring (bicyclic) bond motifs is 1. The number of aliphatic hydroxyl groups is 1. The van der Waals surface area contributed by atoms with Crippen LogP contribution in [0.25, 0.3) is 10.8 Å². The van der Waals surface area contributed by atoms with E-state index in [0.29, 0.717) is 5.56 Å². The third-order valence-corrected chi connectivity index (χ3v) is 4.01. The Bertz CT molecular complexity index is 727. The number of rotatable bonds is 2. The van der Waals surface area contributed by atoms with Crippen LogP contribution >= 0.6 is 0 Å². The fraction of sp³-hybridized carbons (Fsp3) is 0.294. The first-order valence-electron chi connectivity index (χ1n) is 7.16. The lowest BCUT2D eigenvalue weighted by Crippen LogP contribution is -2.41. The minimum Gasteiger partial charge on any atom is -0.467 e. The quantitative estimate of drug-likeness (QED) is 0.855. The van der Waals surface area contributed by atoms with Crippen LogP contribution in [0.15, 0.2) is 42.5 Å². The summed E-state index contributed by atoms with van der Waals surface area (Å²) in [5.41, 5.74) is 0.502. The maximum absolute atomic E-state index is 12.7. The Morgan fingerprint density at radius 2 is 1.91 bits per heavy atom. The average molecular weight is 299 g/mol. The third kappa shape index (κ3) is 2.55. The van der Waals surface area contributed by atoms with Gasteiger partial charge in [0.2, 0.25) is 0 Å². The molecule has 0 radical (unpaired) electrons. The number of hydrogen-bond acceptors (Lipinski definition) is 4. The van der Waals surface area contributed by atoms with Crippen molar-refractivity contribution in [3.63, 3.8) is 0 Å². The van der Waals surface area contributed by atoms with Crippen LogP contribution < -0.4 is 0 Å². The van der Waals surface area contributed by atoms with E-state index in [-0.39, 0.29) is 18.9 Å². The van der Waals surface area contributed by atoms with Gasteiger partial charge in [-0.2, -0.15) is 0 Å². The molecule has 2 aromatic carbocycles. The number of methoxy groups -OCH3 is 1. The summed E-state index contributed by atoms with van der Waals surface area (Å²) in [6.07, 6.45) is -0.486. The van der Waals surface area contributed by atoms with Crippen LogP contribution in [0.4, 0.5) is 0 Å². The van der Waals surface area contributed by atoms with Crippen molar-refractivity contribution >= 4 is 22.6 Å². The van der Waals surface area contributed by atoms with Gasteiger partial charge in [0.05, 0.1) is 13.2 Å². The first-order chi connectivity index (χ1) is 10.6. The van der Waals surface area contributed by atoms with Crippen molar-refractivity contribution in [1.29, 1.82) is 0 Å². The molecule has 0 spiro atoms. The molecule has 114 valence electrons. The summed E-state index contributed by atoms with van der Waals surface area (Å²) in [5.74, 6) is -0.761. The van der Waals surface area contributed by atoms with E-state index in [1.165, 1.54) is 12.0 Å². The number of likely N-dealkylation sites (tertiary alicyclic amines) is 1. The van der Waals surface area contributed by atoms with Gasteiger partial charge in [-0.15, -0.1) is 0 Å². The highest BCUT2D eigenvalue weighted by atomic mass is 16.5. The molecule has 5 nitrogen and oxygen atoms in total. The van der Waals surface area contributed by atoms with Gasteiger partial charge in [-0.1, -0.05) is 30.3 Å². The number of benzene rings is 2. The standard InChI is InChI=1S/C17H17NO4/c1-22-17(21)15-9-14(19)10-18(15)16(20)13-7-6-11-4-2-3-5-12(11)8-13/h2-8,14-15,19H,9-10H2,1H3/t14-,15-/m1/s1. The summed E-state index contributed by atoms with van der Waals surface area (Å²) in [6, 6.07) is 12.5. The lowest BCUT2D eigenvalue weighted by Gasteiger charge is -2.22. The average Bonchev–Trinajstić information content (AvgIpc) is 2.94. The first kappa shape index (κ1) is 14.5. The van der Waals surface area contributed by atoms with Crippen molar-refractivity contribution in [2.45, 2.75) is 18.6 Å². The van der Waals surface area contributed by atoms with E-state index in [0.717, 1.165) is 10.8 Å². The van der Waals surface area contributed by atoms with Crippen LogP contribution in [-0.4, -0.2) is 47.7 Å². The van der Waals surface area contributed by atoms with E-state index in [4.69, 9.17) is 4.74 Å². The lowest BCUT2D eigenvalue weighted by atomic mass is 10.1. The monoisotopic (exact) mass is 299 g/mol. The molecule has 2 aromatic rings. The molecule has 1 fully saturated rings. The van der Waals surface area contributed by atoms with Gasteiger partial charge in [0, 0.05) is 18.5 Å². The molecule has 0 aliphatic carbocycles. The summed E-state index contributed by atoms with van der Waals surface area (Å²) >= 11 is 0. The molecule has 0 bridgehead atoms. The van der Waals surface area contributed by atoms with Gasteiger partial charge in [-0.25, -0.2) is 4.79 Å². The van der Waals surface area contributed by atoms with Crippen LogP contribution in [0.2, 0.25) is 0 Å². The highest BCUT2D eigenvalue weighted by molar-refractivity contribution is 6.00. The topological polar surface area (TPSA) is 66.8 Å². The van der Waals surface area contributed by atoms with Gasteiger partial charge in [-0.3, -0.25) is 4.79 Å². The molecule has 1 amide bonds. The number of carbonyl (C=O) groups is 2. The van der Waals surface area contributed by atoms with Gasteiger partial charge in [0.25, 0.3) is 5.91 Å². The molecule has 1 N–H and O–H groups in total. The van der Waals surface area contributed by atoms with E-state index in [1.807, 2.05) is 30.3 Å². The zero-order chi connectivity index (χ0) is 15.7. The van der Waals surface area contributed by atoms with E-state index >= 15 is 0 Å². The van der Waals surface area contributed by atoms with Crippen LogP contribution in [0.3, 0.4) is 0 Å². The second-order valence-electron chi connectivity index (χ2n) is 5.45. The Morgan fingerprint density at radius 3 is 2.64 bits per heavy atom. The largest absolute Gasteiger partial charge is 0.467 e. The number of aliphatic hydroxyl groups excluding tert-OH is 1. The summed E-state index contributed by atoms with van der Waals surface area (Å²) < 4.78 is 4.73. The molecule has 1 aliphatic heterocycles. The molecule has 5 heteroatoms. The van der Waals surface area contributed by atoms with Gasteiger partial charge in [0.1, 0.15) is 6.04 Å². The van der Waals surface area contributed by atoms with Gasteiger partial charge in [-0.05, 0) is 22.9 Å². The van der Waals surface area contributed by atoms with E-state index < -0.39 is 18.1 Å². The molecule has 3 rings (SSSR count). The molecule has 22 heavy (non-hydrogen) atoms. The lowest BCUT2D eigenvalue weighted by molar-refractivity contribution is -0.145. The predicted molar refractivity (Wildman–Crippen MR) is 81.4 cm³/mol. The molecule has 0 aromatic heterocycles. The molecule has 1 aliphatic rings. The number of carbonyl (C=O) groups excluding carboxylic acids is 2. The van der Waals surface area contributed by atoms with Crippen LogP contribution in [0.5, 0.6) is 0 Å². The Kier molecular flexibility index (Phi) is 3.81. The molecule has 1 heterocycles. The van der Waals surface area contributed by atoms with Crippen LogP contribution in [-0.2, 0) is 9.53 Å². The molecule has 0 unspecified atom stereocenters. The Balaban J connectivity index is 1.92. The van der Waals surface area contributed by atoms with Crippen molar-refractivity contribution < 1.29 is 19.4 Å². The molecular weight excluding hydrogens is 282 g/mol. The van der Waals surface area contributed by atoms with Gasteiger partial charge in [0.15, 0.2) is 0 Å². The predicted octanol–water partition coefficient (Wildman–Crippen LogP) is 1.59. The zero-order valence-electron chi connectivity index (χ0n) is 12.2. The minimum atomic E-state index is -0.723. The van der Waals surface area contributed by atoms with Crippen LogP contribution in [0, 0.1) is 0 Å². The number of amides is 1. The number of β-amino-alcohol motifs (C(OH)–C–C–N with tert-alkyl or cyclic N) is 1. The van der Waals surface area contributed by atoms with Gasteiger partial charge < -0.3 is 14.7 Å². The van der Waals surface area contributed by atoms with E-state index in [2.05, 4.69) is 0 Å². The molecule has 1 saturated heterocycles. The molecule has 0 saturated carbocycles. The van der Waals surface area contributed by atoms with E-state index in [9.17, 15) is 14.7 Å². The fourth-order valence-corrected chi connectivity index (χ4v) is 2.89. The number of esters is 1. The Morgan fingerprint density at radius 1 is 1.18 bits per heavy atom.